The van der Waals surface area contributed by atoms with Gasteiger partial charge in [-0.1, -0.05) is 23.7 Å². The van der Waals surface area contributed by atoms with Gasteiger partial charge < -0.3 is 19.5 Å². The first-order chi connectivity index (χ1) is 16.5. The van der Waals surface area contributed by atoms with E-state index in [9.17, 15) is 9.59 Å². The van der Waals surface area contributed by atoms with E-state index >= 15 is 0 Å². The lowest BCUT2D eigenvalue weighted by molar-refractivity contribution is 0.102. The molecule has 11 heteroatoms. The lowest BCUT2D eigenvalue weighted by Crippen LogP contribution is -2.35. The van der Waals surface area contributed by atoms with Gasteiger partial charge in [-0.2, -0.15) is 10.1 Å². The van der Waals surface area contributed by atoms with Crippen molar-refractivity contribution in [2.24, 2.45) is 5.10 Å². The first-order valence-corrected chi connectivity index (χ1v) is 10.5. The fraction of sp³-hybridized carbons (Fsp3) is 0.174. The van der Waals surface area contributed by atoms with E-state index in [1.165, 1.54) is 17.1 Å². The van der Waals surface area contributed by atoms with E-state index in [1.54, 1.807) is 50.6 Å². The predicted molar refractivity (Wildman–Crippen MR) is 124 cm³/mol. The van der Waals surface area contributed by atoms with E-state index in [-0.39, 0.29) is 24.0 Å². The average Bonchev–Trinajstić information content (AvgIpc) is 2.86. The van der Waals surface area contributed by atoms with Crippen molar-refractivity contribution < 1.29 is 23.8 Å². The smallest absolute Gasteiger partial charge is 0.431 e. The molecule has 10 nitrogen and oxygen atoms in total. The molecule has 34 heavy (non-hydrogen) atoms. The second-order valence-corrected chi connectivity index (χ2v) is 7.51. The third-order valence-electron chi connectivity index (χ3n) is 4.91. The zero-order chi connectivity index (χ0) is 24.1. The number of hydrogen-bond acceptors (Lipinski definition) is 8. The zero-order valence-electron chi connectivity index (χ0n) is 18.3. The third kappa shape index (κ3) is 5.24. The van der Waals surface area contributed by atoms with Crippen LogP contribution in [0.2, 0.25) is 5.15 Å². The Morgan fingerprint density at radius 3 is 2.50 bits per heavy atom. The van der Waals surface area contributed by atoms with Crippen molar-refractivity contribution in [1.29, 1.82) is 0 Å². The van der Waals surface area contributed by atoms with Gasteiger partial charge in [-0.05, 0) is 48.0 Å². The zero-order valence-corrected chi connectivity index (χ0v) is 19.1. The van der Waals surface area contributed by atoms with Crippen molar-refractivity contribution in [3.8, 4) is 11.5 Å². The van der Waals surface area contributed by atoms with E-state index in [0.717, 1.165) is 11.1 Å². The van der Waals surface area contributed by atoms with Crippen molar-refractivity contribution in [1.82, 2.24) is 15.2 Å². The number of halogens is 1. The molecular formula is C23H20ClN5O5. The Balaban J connectivity index is 1.45. The molecule has 1 aliphatic heterocycles. The number of amides is 2. The van der Waals surface area contributed by atoms with Crippen LogP contribution in [-0.4, -0.2) is 53.7 Å². The van der Waals surface area contributed by atoms with Crippen molar-refractivity contribution >= 4 is 35.0 Å². The van der Waals surface area contributed by atoms with Gasteiger partial charge >= 0.3 is 6.09 Å². The number of nitrogens with zero attached hydrogens (tertiary/aromatic N) is 4. The minimum absolute atomic E-state index is 0.0450. The Morgan fingerprint density at radius 2 is 1.82 bits per heavy atom. The molecule has 1 aliphatic rings. The van der Waals surface area contributed by atoms with E-state index < -0.39 is 12.0 Å². The number of carbonyl (C=O) groups excluding carboxylic acids is 2. The van der Waals surface area contributed by atoms with Gasteiger partial charge in [0.1, 0.15) is 12.3 Å². The van der Waals surface area contributed by atoms with Crippen LogP contribution in [0.15, 0.2) is 59.7 Å². The highest BCUT2D eigenvalue weighted by atomic mass is 35.5. The summed E-state index contributed by atoms with van der Waals surface area (Å²) in [5.41, 5.74) is 2.81. The summed E-state index contributed by atoms with van der Waals surface area (Å²) >= 11 is 5.69. The lowest BCUT2D eigenvalue weighted by Gasteiger charge is -2.24. The largest absolute Gasteiger partial charge is 0.493 e. The average molecular weight is 482 g/mol. The number of carbonyl (C=O) groups is 2. The number of anilines is 1. The number of nitrogens with one attached hydrogen (secondary N) is 1. The molecule has 2 heterocycles. The normalized spacial score (nSPS) is 13.1. The molecule has 0 fully saturated rings. The van der Waals surface area contributed by atoms with Crippen LogP contribution in [0.1, 0.15) is 21.6 Å². The molecular weight excluding hydrogens is 462 g/mol. The first kappa shape index (κ1) is 23.0. The molecule has 0 spiro atoms. The molecule has 0 unspecified atom stereocenters. The van der Waals surface area contributed by atoms with Gasteiger partial charge in [0.25, 0.3) is 5.91 Å². The number of hydrazone groups is 1. The molecule has 2 amide bonds. The van der Waals surface area contributed by atoms with Gasteiger partial charge in [0, 0.05) is 11.3 Å². The molecule has 1 aromatic heterocycles. The highest BCUT2D eigenvalue weighted by molar-refractivity contribution is 6.29. The van der Waals surface area contributed by atoms with E-state index in [2.05, 4.69) is 20.6 Å². The van der Waals surface area contributed by atoms with Crippen molar-refractivity contribution in [3.05, 3.63) is 76.6 Å². The van der Waals surface area contributed by atoms with Crippen LogP contribution in [0.5, 0.6) is 11.5 Å². The molecule has 0 bridgehead atoms. The molecule has 0 saturated heterocycles. The van der Waals surface area contributed by atoms with Gasteiger partial charge in [0.2, 0.25) is 0 Å². The molecule has 3 aromatic rings. The fourth-order valence-electron chi connectivity index (χ4n) is 3.18. The van der Waals surface area contributed by atoms with Gasteiger partial charge in [0.15, 0.2) is 22.3 Å². The van der Waals surface area contributed by atoms with Crippen LogP contribution in [-0.2, 0) is 11.3 Å². The van der Waals surface area contributed by atoms with Crippen molar-refractivity contribution in [2.45, 2.75) is 6.54 Å². The summed E-state index contributed by atoms with van der Waals surface area (Å²) in [5, 5.41) is 16.0. The molecule has 0 saturated carbocycles. The van der Waals surface area contributed by atoms with Crippen molar-refractivity contribution in [3.63, 3.8) is 0 Å². The Bertz CT molecular complexity index is 1230. The Kier molecular flexibility index (Phi) is 6.88. The summed E-state index contributed by atoms with van der Waals surface area (Å²) in [5.74, 6) is 0.723. The lowest BCUT2D eigenvalue weighted by atomic mass is 10.1. The van der Waals surface area contributed by atoms with Gasteiger partial charge in [0.05, 0.1) is 20.8 Å². The summed E-state index contributed by atoms with van der Waals surface area (Å²) in [7, 11) is 3.10. The second-order valence-electron chi connectivity index (χ2n) is 7.12. The maximum Gasteiger partial charge on any atom is 0.431 e. The predicted octanol–water partition coefficient (Wildman–Crippen LogP) is 3.76. The van der Waals surface area contributed by atoms with E-state index in [1.807, 2.05) is 6.07 Å². The Labute approximate surface area is 200 Å². The minimum atomic E-state index is -0.553. The number of methoxy groups -OCH3 is 2. The minimum Gasteiger partial charge on any atom is -0.493 e. The Hall–Kier alpha value is -4.18. The number of cyclic esters (lactones) is 1. The summed E-state index contributed by atoms with van der Waals surface area (Å²) in [4.78, 5) is 24.5. The maximum atomic E-state index is 12.3. The quantitative estimate of drug-likeness (QED) is 0.546. The summed E-state index contributed by atoms with van der Waals surface area (Å²) in [6.07, 6.45) is -0.553. The van der Waals surface area contributed by atoms with E-state index in [4.69, 9.17) is 25.8 Å². The number of rotatable bonds is 7. The second kappa shape index (κ2) is 10.2. The fourth-order valence-corrected chi connectivity index (χ4v) is 3.28. The first-order valence-electron chi connectivity index (χ1n) is 10.1. The molecule has 1 N–H and O–H groups in total. The van der Waals surface area contributed by atoms with Crippen LogP contribution in [0, 0.1) is 0 Å². The van der Waals surface area contributed by atoms with Crippen LogP contribution < -0.4 is 14.8 Å². The topological polar surface area (TPSA) is 115 Å². The molecule has 174 valence electrons. The highest BCUT2D eigenvalue weighted by Gasteiger charge is 2.24. The molecule has 0 radical (unpaired) electrons. The number of ether oxygens (including phenoxy) is 3. The molecule has 4 rings (SSSR count). The summed E-state index contributed by atoms with van der Waals surface area (Å²) < 4.78 is 15.9. The van der Waals surface area contributed by atoms with Gasteiger partial charge in [-0.25, -0.2) is 4.79 Å². The maximum absolute atomic E-state index is 12.3. The van der Waals surface area contributed by atoms with Gasteiger partial charge in [-0.15, -0.1) is 10.2 Å². The number of aromatic nitrogens is 2. The summed E-state index contributed by atoms with van der Waals surface area (Å²) in [6.45, 7) is 0.232. The van der Waals surface area contributed by atoms with Crippen molar-refractivity contribution in [2.75, 3.05) is 26.1 Å². The van der Waals surface area contributed by atoms with Gasteiger partial charge in [-0.3, -0.25) is 4.79 Å². The third-order valence-corrected chi connectivity index (χ3v) is 5.11. The monoisotopic (exact) mass is 481 g/mol. The molecule has 2 aromatic carbocycles. The highest BCUT2D eigenvalue weighted by Crippen LogP contribution is 2.28. The summed E-state index contributed by atoms with van der Waals surface area (Å²) in [6, 6.07) is 15.3. The Morgan fingerprint density at radius 1 is 1.06 bits per heavy atom. The number of hydrogen-bond donors (Lipinski definition) is 1. The van der Waals surface area contributed by atoms with Crippen LogP contribution in [0.25, 0.3) is 0 Å². The van der Waals surface area contributed by atoms with Crippen LogP contribution in [0.3, 0.4) is 0 Å². The SMILES string of the molecule is COc1ccc(C2=NN(Cc3ccc(NC(=O)c4ccc(Cl)nn4)cc3)C(=O)OC2)cc1OC. The number of benzene rings is 2. The standard InChI is InChI=1S/C23H20ClN5O5/c1-32-19-9-5-15(11-20(19)33-2)18-13-34-23(31)29(28-18)12-14-3-6-16(7-4-14)25-22(30)17-8-10-21(24)27-26-17/h3-11H,12-13H2,1-2H3,(H,25,30). The molecule has 0 aliphatic carbocycles. The molecule has 0 atom stereocenters. The van der Waals surface area contributed by atoms with Crippen LogP contribution in [0.4, 0.5) is 10.5 Å². The van der Waals surface area contributed by atoms with E-state index in [0.29, 0.717) is 22.9 Å². The van der Waals surface area contributed by atoms with Crippen LogP contribution >= 0.6 is 11.6 Å².